The minimum absolute atomic E-state index is 0.140. The summed E-state index contributed by atoms with van der Waals surface area (Å²) < 4.78 is 0. The van der Waals surface area contributed by atoms with Crippen molar-refractivity contribution in [1.29, 1.82) is 0 Å². The summed E-state index contributed by atoms with van der Waals surface area (Å²) in [5.74, 6) is 0.215. The molecule has 3 rings (SSSR count). The van der Waals surface area contributed by atoms with Gasteiger partial charge in [0, 0.05) is 30.0 Å². The van der Waals surface area contributed by atoms with Crippen LogP contribution in [0.15, 0.2) is 24.3 Å². The van der Waals surface area contributed by atoms with E-state index >= 15 is 0 Å². The Morgan fingerprint density at radius 2 is 2.20 bits per heavy atom. The van der Waals surface area contributed by atoms with Crippen LogP contribution in [-0.2, 0) is 0 Å². The lowest BCUT2D eigenvalue weighted by Gasteiger charge is -2.46. The molecule has 0 unspecified atom stereocenters. The van der Waals surface area contributed by atoms with Crippen LogP contribution >= 0.6 is 0 Å². The molecule has 2 aliphatic rings. The maximum Gasteiger partial charge on any atom is 0.269 e. The van der Waals surface area contributed by atoms with Gasteiger partial charge in [0.2, 0.25) is 0 Å². The summed E-state index contributed by atoms with van der Waals surface area (Å²) in [5.41, 5.74) is 0.549. The Morgan fingerprint density at radius 3 is 3.00 bits per heavy atom. The quantitative estimate of drug-likeness (QED) is 0.635. The van der Waals surface area contributed by atoms with Gasteiger partial charge in [0.25, 0.3) is 5.69 Å². The molecule has 0 radical (unpaired) electrons. The third kappa shape index (κ3) is 2.31. The molecule has 1 heterocycles. The van der Waals surface area contributed by atoms with Crippen LogP contribution in [0.4, 0.5) is 5.69 Å². The molecule has 3 atom stereocenters. The van der Waals surface area contributed by atoms with Crippen molar-refractivity contribution in [2.75, 3.05) is 6.54 Å². The molecule has 2 fully saturated rings. The number of hydrogen-bond donors (Lipinski definition) is 2. The van der Waals surface area contributed by atoms with Crippen LogP contribution in [-0.4, -0.2) is 22.2 Å². The van der Waals surface area contributed by atoms with Crippen molar-refractivity contribution < 1.29 is 15.3 Å². The monoisotopic (exact) mass is 277 g/mol. The van der Waals surface area contributed by atoms with Crippen molar-refractivity contribution in [1.82, 2.24) is 0 Å². The fourth-order valence-electron chi connectivity index (χ4n) is 3.96. The van der Waals surface area contributed by atoms with E-state index in [4.69, 9.17) is 0 Å². The van der Waals surface area contributed by atoms with Crippen molar-refractivity contribution in [3.63, 3.8) is 0 Å². The molecule has 1 saturated heterocycles. The third-order valence-electron chi connectivity index (χ3n) is 4.96. The van der Waals surface area contributed by atoms with Gasteiger partial charge in [-0.2, -0.15) is 0 Å². The number of nitro benzene ring substituents is 1. The number of quaternary nitrogens is 1. The Bertz CT molecular complexity index is 516. The van der Waals surface area contributed by atoms with Gasteiger partial charge in [-0.25, -0.2) is 0 Å². The second-order valence-corrected chi connectivity index (χ2v) is 6.11. The normalized spacial score (nSPS) is 33.5. The second kappa shape index (κ2) is 5.14. The van der Waals surface area contributed by atoms with Crippen LogP contribution in [0, 0.1) is 16.0 Å². The molecule has 3 N–H and O–H groups in total. The lowest BCUT2D eigenvalue weighted by atomic mass is 9.67. The summed E-state index contributed by atoms with van der Waals surface area (Å²) in [7, 11) is 0. The second-order valence-electron chi connectivity index (χ2n) is 6.11. The maximum absolute atomic E-state index is 10.9. The molecule has 1 aromatic rings. The van der Waals surface area contributed by atoms with E-state index in [1.807, 2.05) is 6.07 Å². The van der Waals surface area contributed by atoms with Gasteiger partial charge in [-0.1, -0.05) is 25.0 Å². The molecule has 108 valence electrons. The first-order valence-corrected chi connectivity index (χ1v) is 7.40. The molecule has 1 saturated carbocycles. The lowest BCUT2D eigenvalue weighted by Crippen LogP contribution is -2.91. The summed E-state index contributed by atoms with van der Waals surface area (Å²) in [6.45, 7) is 0.889. The molecule has 0 bridgehead atoms. The number of rotatable bonds is 2. The number of nitrogens with two attached hydrogens (primary N) is 1. The summed E-state index contributed by atoms with van der Waals surface area (Å²) in [5, 5.41) is 24.0. The minimum atomic E-state index is -0.567. The third-order valence-corrected chi connectivity index (χ3v) is 4.96. The summed E-state index contributed by atoms with van der Waals surface area (Å²) in [4.78, 5) is 10.6. The van der Waals surface area contributed by atoms with E-state index < -0.39 is 5.60 Å². The molecule has 0 aromatic heterocycles. The van der Waals surface area contributed by atoms with Crippen LogP contribution < -0.4 is 5.32 Å². The predicted octanol–water partition coefficient (Wildman–Crippen LogP) is 1.52. The number of nitrogens with zero attached hydrogens (tertiary/aromatic N) is 1. The predicted molar refractivity (Wildman–Crippen MR) is 74.2 cm³/mol. The largest absolute Gasteiger partial charge is 0.389 e. The van der Waals surface area contributed by atoms with Gasteiger partial charge < -0.3 is 10.4 Å². The standard InChI is InChI=1S/C15H20N2O3/c18-15-7-2-1-6-13(15)14(16-9-8-15)11-4-3-5-12(10-11)17(19)20/h3-5,10,13-14,16,18H,1-2,6-9H2/p+1/t13-,14-,15+/m1/s1. The van der Waals surface area contributed by atoms with Gasteiger partial charge in [-0.15, -0.1) is 0 Å². The number of benzene rings is 1. The lowest BCUT2D eigenvalue weighted by molar-refractivity contribution is -0.719. The highest BCUT2D eigenvalue weighted by Gasteiger charge is 2.48. The van der Waals surface area contributed by atoms with Crippen molar-refractivity contribution in [2.45, 2.75) is 43.7 Å². The van der Waals surface area contributed by atoms with Crippen LogP contribution in [0.5, 0.6) is 0 Å². The molecule has 0 amide bonds. The zero-order valence-electron chi connectivity index (χ0n) is 11.5. The first-order chi connectivity index (χ1) is 9.60. The Hall–Kier alpha value is -1.46. The van der Waals surface area contributed by atoms with Gasteiger partial charge in [0.1, 0.15) is 6.04 Å². The van der Waals surface area contributed by atoms with Crippen LogP contribution in [0.3, 0.4) is 0 Å². The fraction of sp³-hybridized carbons (Fsp3) is 0.600. The van der Waals surface area contributed by atoms with Crippen molar-refractivity contribution in [3.05, 3.63) is 39.9 Å². The van der Waals surface area contributed by atoms with Gasteiger partial charge in [0.05, 0.1) is 17.1 Å². The molecular formula is C15H21N2O3+. The van der Waals surface area contributed by atoms with E-state index in [1.165, 1.54) is 6.07 Å². The first kappa shape index (κ1) is 13.5. The molecule has 1 aliphatic carbocycles. The van der Waals surface area contributed by atoms with Gasteiger partial charge in [0.15, 0.2) is 0 Å². The Balaban J connectivity index is 1.92. The fourth-order valence-corrected chi connectivity index (χ4v) is 3.96. The zero-order valence-corrected chi connectivity index (χ0v) is 11.5. The van der Waals surface area contributed by atoms with Crippen LogP contribution in [0.1, 0.15) is 43.7 Å². The zero-order chi connectivity index (χ0) is 14.2. The molecule has 20 heavy (non-hydrogen) atoms. The highest BCUT2D eigenvalue weighted by Crippen LogP contribution is 2.43. The first-order valence-electron chi connectivity index (χ1n) is 7.40. The van der Waals surface area contributed by atoms with E-state index in [0.717, 1.165) is 44.2 Å². The maximum atomic E-state index is 10.9. The Labute approximate surface area is 118 Å². The van der Waals surface area contributed by atoms with E-state index in [0.29, 0.717) is 0 Å². The SMILES string of the molecule is O=[N+]([O-])c1cccc([C@H]2[NH2+]CC[C@@]3(O)CCCC[C@H]23)c1. The molecule has 5 heteroatoms. The molecule has 0 spiro atoms. The molecule has 1 aromatic carbocycles. The number of nitro groups is 1. The van der Waals surface area contributed by atoms with E-state index in [2.05, 4.69) is 5.32 Å². The number of fused-ring (bicyclic) bond motifs is 1. The summed E-state index contributed by atoms with van der Waals surface area (Å²) >= 11 is 0. The van der Waals surface area contributed by atoms with Gasteiger partial charge in [-0.3, -0.25) is 10.1 Å². The smallest absolute Gasteiger partial charge is 0.269 e. The van der Waals surface area contributed by atoms with Crippen LogP contribution in [0.2, 0.25) is 0 Å². The molecule has 5 nitrogen and oxygen atoms in total. The minimum Gasteiger partial charge on any atom is -0.389 e. The average molecular weight is 277 g/mol. The van der Waals surface area contributed by atoms with Crippen molar-refractivity contribution in [2.24, 2.45) is 5.92 Å². The highest BCUT2D eigenvalue weighted by atomic mass is 16.6. The van der Waals surface area contributed by atoms with Gasteiger partial charge in [-0.05, 0) is 12.8 Å². The van der Waals surface area contributed by atoms with E-state index in [1.54, 1.807) is 12.1 Å². The highest BCUT2D eigenvalue weighted by molar-refractivity contribution is 5.35. The number of non-ortho nitro benzene ring substituents is 1. The number of hydrogen-bond acceptors (Lipinski definition) is 3. The average Bonchev–Trinajstić information content (AvgIpc) is 2.46. The van der Waals surface area contributed by atoms with Crippen molar-refractivity contribution >= 4 is 5.69 Å². The number of piperidine rings is 1. The van der Waals surface area contributed by atoms with E-state index in [-0.39, 0.29) is 22.6 Å². The molecule has 1 aliphatic heterocycles. The Kier molecular flexibility index (Phi) is 3.48. The van der Waals surface area contributed by atoms with Crippen LogP contribution in [0.25, 0.3) is 0 Å². The Morgan fingerprint density at radius 1 is 1.35 bits per heavy atom. The topological polar surface area (TPSA) is 80.0 Å². The summed E-state index contributed by atoms with van der Waals surface area (Å²) in [6, 6.07) is 7.04. The summed E-state index contributed by atoms with van der Waals surface area (Å²) in [6.07, 6.45) is 4.96. The van der Waals surface area contributed by atoms with Gasteiger partial charge >= 0.3 is 0 Å². The molecular weight excluding hydrogens is 256 g/mol. The van der Waals surface area contributed by atoms with Crippen molar-refractivity contribution in [3.8, 4) is 0 Å². The number of aliphatic hydroxyl groups is 1. The van der Waals surface area contributed by atoms with E-state index in [9.17, 15) is 15.2 Å².